The highest BCUT2D eigenvalue weighted by atomic mass is 31.2. The van der Waals surface area contributed by atoms with Crippen LogP contribution in [0.5, 0.6) is 0 Å². The van der Waals surface area contributed by atoms with E-state index in [1.807, 2.05) is 0 Å². The molecule has 25 heavy (non-hydrogen) atoms. The molecule has 0 aromatic carbocycles. The molecule has 0 radical (unpaired) electrons. The molecule has 0 saturated carbocycles. The molecule has 10 heteroatoms. The molecule has 0 unspecified atom stereocenters. The van der Waals surface area contributed by atoms with Gasteiger partial charge >= 0.3 is 7.82 Å². The lowest BCUT2D eigenvalue weighted by molar-refractivity contribution is -0.700. The third kappa shape index (κ3) is 39.9. The number of rotatable bonds is 15. The van der Waals surface area contributed by atoms with Crippen LogP contribution in [0.3, 0.4) is 0 Å². The Hall–Kier alpha value is -0.510. The third-order valence-electron chi connectivity index (χ3n) is 2.84. The minimum absolute atomic E-state index is 0.486. The number of allylic oxidation sites excluding steroid dienone is 1. The van der Waals surface area contributed by atoms with Crippen LogP contribution in [-0.4, -0.2) is 21.3 Å². The fraction of sp³-hybridized carbons (Fsp3) is 0.867. The maximum Gasteiger partial charge on any atom is 0.466 e. The number of hydrogen-bond acceptors (Lipinski definition) is 6. The zero-order chi connectivity index (χ0) is 19.4. The van der Waals surface area contributed by atoms with Gasteiger partial charge in [-0.1, -0.05) is 58.8 Å². The first-order chi connectivity index (χ1) is 11.8. The quantitative estimate of drug-likeness (QED) is 0.125. The molecule has 0 atom stereocenters. The highest BCUT2D eigenvalue weighted by Crippen LogP contribution is 2.25. The van der Waals surface area contributed by atoms with Gasteiger partial charge in [-0.25, -0.2) is 9.45 Å². The van der Waals surface area contributed by atoms with Crippen LogP contribution in [0.4, 0.5) is 0 Å². The zero-order valence-electron chi connectivity index (χ0n) is 15.3. The number of unbranched alkanes of at least 4 members (excludes halogenated alkanes) is 6. The average molecular weight is 388 g/mol. The molecule has 0 rings (SSSR count). The van der Waals surface area contributed by atoms with E-state index < -0.39 is 7.82 Å². The van der Waals surface area contributed by atoms with Crippen molar-refractivity contribution in [3.63, 3.8) is 0 Å². The van der Waals surface area contributed by atoms with Crippen LogP contribution in [0.15, 0.2) is 12.3 Å². The summed E-state index contributed by atoms with van der Waals surface area (Å²) >= 11 is 0. The predicted molar refractivity (Wildman–Crippen MR) is 91.1 cm³/mol. The number of hydrogen-bond donors (Lipinski definition) is 3. The van der Waals surface area contributed by atoms with Gasteiger partial charge in [0.05, 0.1) is 6.61 Å². The Morgan fingerprint density at radius 1 is 0.880 bits per heavy atom. The highest BCUT2D eigenvalue weighted by Gasteiger charge is 2.00. The summed E-state index contributed by atoms with van der Waals surface area (Å²) in [5, 5.41) is 12.6. The largest absolute Gasteiger partial charge is 0.466 e. The fourth-order valence-electron chi connectivity index (χ4n) is 1.76. The standard InChI is InChI=1S/C15H30O5.H3O4P/c1-4-13-16-18-20-19-17-14-11-9-7-5-6-8-10-12-15(2)3;1-5(2,3)4/h4,13,15H,5-12,14H2,1-3H3;(H3,1,2,3,4). The highest BCUT2D eigenvalue weighted by molar-refractivity contribution is 7.45. The van der Waals surface area contributed by atoms with Gasteiger partial charge in [-0.3, -0.25) is 0 Å². The van der Waals surface area contributed by atoms with Gasteiger partial charge in [0.15, 0.2) is 0 Å². The van der Waals surface area contributed by atoms with Gasteiger partial charge in [0, 0.05) is 10.1 Å². The predicted octanol–water partition coefficient (Wildman–Crippen LogP) is 4.11. The molecule has 152 valence electrons. The van der Waals surface area contributed by atoms with E-state index >= 15 is 0 Å². The molecular weight excluding hydrogens is 355 g/mol. The number of phosphoric acid groups is 1. The van der Waals surface area contributed by atoms with Crippen molar-refractivity contribution in [2.24, 2.45) is 5.92 Å². The smallest absolute Gasteiger partial charge is 0.314 e. The first-order valence-corrected chi connectivity index (χ1v) is 10.0. The Labute approximate surface area is 149 Å². The second-order valence-electron chi connectivity index (χ2n) is 5.76. The lowest BCUT2D eigenvalue weighted by Gasteiger charge is -2.04. The molecule has 0 aliphatic rings. The first-order valence-electron chi connectivity index (χ1n) is 8.45. The first kappa shape index (κ1) is 26.7. The molecule has 9 nitrogen and oxygen atoms in total. The SMILES string of the molecule is CC=COOOOOCCCCCCCCCC(C)C.O=P(O)(O)O. The summed E-state index contributed by atoms with van der Waals surface area (Å²) in [5.41, 5.74) is 0. The third-order valence-corrected chi connectivity index (χ3v) is 2.84. The maximum atomic E-state index is 8.88. The van der Waals surface area contributed by atoms with Crippen molar-refractivity contribution in [3.8, 4) is 0 Å². The maximum absolute atomic E-state index is 8.88. The summed E-state index contributed by atoms with van der Waals surface area (Å²) < 4.78 is 8.88. The van der Waals surface area contributed by atoms with Crippen molar-refractivity contribution in [3.05, 3.63) is 12.3 Å². The van der Waals surface area contributed by atoms with E-state index in [9.17, 15) is 0 Å². The summed E-state index contributed by atoms with van der Waals surface area (Å²) in [6.45, 7) is 6.83. The monoisotopic (exact) mass is 388 g/mol. The second-order valence-corrected chi connectivity index (χ2v) is 6.79. The molecule has 0 aliphatic carbocycles. The summed E-state index contributed by atoms with van der Waals surface area (Å²) in [7, 11) is -4.64. The van der Waals surface area contributed by atoms with E-state index in [-0.39, 0.29) is 0 Å². The molecule has 0 aromatic heterocycles. The van der Waals surface area contributed by atoms with Crippen molar-refractivity contribution < 1.29 is 44.1 Å². The van der Waals surface area contributed by atoms with E-state index in [1.165, 1.54) is 44.8 Å². The molecule has 0 spiro atoms. The van der Waals surface area contributed by atoms with Crippen LogP contribution in [0.2, 0.25) is 0 Å². The van der Waals surface area contributed by atoms with Crippen molar-refractivity contribution in [2.45, 2.75) is 72.1 Å². The molecule has 0 fully saturated rings. The average Bonchev–Trinajstić information content (AvgIpc) is 2.49. The molecule has 0 amide bonds. The Kier molecular flexibility index (Phi) is 21.2. The van der Waals surface area contributed by atoms with Crippen molar-refractivity contribution in [1.82, 2.24) is 0 Å². The molecule has 0 bridgehead atoms. The Balaban J connectivity index is 0. The molecular formula is C15H33O9P. The van der Waals surface area contributed by atoms with Gasteiger partial charge in [0.1, 0.15) is 6.26 Å². The molecule has 0 heterocycles. The summed E-state index contributed by atoms with van der Waals surface area (Å²) in [6, 6.07) is 0. The van der Waals surface area contributed by atoms with Gasteiger partial charge in [-0.15, -0.1) is 0 Å². The Bertz CT molecular complexity index is 323. The van der Waals surface area contributed by atoms with Crippen LogP contribution in [-0.2, 0) is 29.5 Å². The van der Waals surface area contributed by atoms with Crippen LogP contribution >= 0.6 is 7.82 Å². The van der Waals surface area contributed by atoms with Crippen molar-refractivity contribution in [1.29, 1.82) is 0 Å². The van der Waals surface area contributed by atoms with Crippen LogP contribution in [0.1, 0.15) is 72.1 Å². The van der Waals surface area contributed by atoms with Gasteiger partial charge < -0.3 is 19.6 Å². The zero-order valence-corrected chi connectivity index (χ0v) is 16.2. The summed E-state index contributed by atoms with van der Waals surface area (Å²) in [4.78, 5) is 30.7. The van der Waals surface area contributed by atoms with E-state index in [2.05, 4.69) is 33.8 Å². The van der Waals surface area contributed by atoms with Gasteiger partial charge in [-0.05, 0) is 30.4 Å². The lowest BCUT2D eigenvalue weighted by Crippen LogP contribution is -1.99. The Morgan fingerprint density at radius 3 is 1.92 bits per heavy atom. The van der Waals surface area contributed by atoms with E-state index in [1.54, 1.807) is 13.0 Å². The lowest BCUT2D eigenvalue weighted by atomic mass is 10.0. The molecule has 0 aromatic rings. The van der Waals surface area contributed by atoms with Crippen LogP contribution in [0, 0.1) is 5.92 Å². The minimum Gasteiger partial charge on any atom is -0.314 e. The topological polar surface area (TPSA) is 124 Å². The van der Waals surface area contributed by atoms with Gasteiger partial charge in [0.25, 0.3) is 0 Å². The van der Waals surface area contributed by atoms with Crippen molar-refractivity contribution in [2.75, 3.05) is 6.61 Å². The second kappa shape index (κ2) is 19.8. The fourth-order valence-corrected chi connectivity index (χ4v) is 1.76. The van der Waals surface area contributed by atoms with Crippen LogP contribution < -0.4 is 0 Å². The van der Waals surface area contributed by atoms with E-state index in [0.717, 1.165) is 18.8 Å². The van der Waals surface area contributed by atoms with Crippen molar-refractivity contribution >= 4 is 7.82 Å². The van der Waals surface area contributed by atoms with Gasteiger partial charge in [-0.2, -0.15) is 0 Å². The summed E-state index contributed by atoms with van der Waals surface area (Å²) in [6.07, 6.45) is 13.0. The molecule has 3 N–H and O–H groups in total. The molecule has 0 aliphatic heterocycles. The normalized spacial score (nSPS) is 11.6. The van der Waals surface area contributed by atoms with Crippen LogP contribution in [0.25, 0.3) is 0 Å². The minimum atomic E-state index is -4.64. The van der Waals surface area contributed by atoms with E-state index in [4.69, 9.17) is 24.1 Å². The Morgan fingerprint density at radius 2 is 1.40 bits per heavy atom. The molecule has 0 saturated heterocycles. The van der Waals surface area contributed by atoms with Gasteiger partial charge in [0.2, 0.25) is 0 Å². The van der Waals surface area contributed by atoms with E-state index in [0.29, 0.717) is 6.61 Å². The summed E-state index contributed by atoms with van der Waals surface area (Å²) in [5.74, 6) is 0.835.